The summed E-state index contributed by atoms with van der Waals surface area (Å²) >= 11 is 5.53. The summed E-state index contributed by atoms with van der Waals surface area (Å²) in [4.78, 5) is 22.7. The Kier molecular flexibility index (Phi) is 6.22. The minimum absolute atomic E-state index is 0.0501. The predicted octanol–water partition coefficient (Wildman–Crippen LogP) is 2.82. The summed E-state index contributed by atoms with van der Waals surface area (Å²) in [6, 6.07) is 6.57. The van der Waals surface area contributed by atoms with Crippen LogP contribution < -0.4 is 5.32 Å². The van der Waals surface area contributed by atoms with Crippen LogP contribution in [0.15, 0.2) is 24.3 Å². The molecule has 5 heteroatoms. The van der Waals surface area contributed by atoms with Gasteiger partial charge in [0, 0.05) is 18.0 Å². The van der Waals surface area contributed by atoms with Crippen LogP contribution in [0.5, 0.6) is 0 Å². The van der Waals surface area contributed by atoms with E-state index in [0.29, 0.717) is 23.6 Å². The highest BCUT2D eigenvalue weighted by Gasteiger charge is 2.06. The Morgan fingerprint density at radius 1 is 1.22 bits per heavy atom. The fraction of sp³-hybridized carbons (Fsp3) is 0.385. The van der Waals surface area contributed by atoms with Crippen molar-refractivity contribution in [2.24, 2.45) is 0 Å². The number of nitrogens with one attached hydrogen (secondary N) is 1. The zero-order chi connectivity index (χ0) is 13.4. The highest BCUT2D eigenvalue weighted by Crippen LogP contribution is 2.11. The summed E-state index contributed by atoms with van der Waals surface area (Å²) in [5, 5.41) is 2.75. The lowest BCUT2D eigenvalue weighted by Crippen LogP contribution is -2.11. The van der Waals surface area contributed by atoms with Gasteiger partial charge in [0.2, 0.25) is 5.91 Å². The summed E-state index contributed by atoms with van der Waals surface area (Å²) in [5.74, 6) is 0.127. The zero-order valence-corrected chi connectivity index (χ0v) is 11.0. The summed E-state index contributed by atoms with van der Waals surface area (Å²) in [5.41, 5.74) is 1.12. The molecule has 0 aliphatic rings. The van der Waals surface area contributed by atoms with E-state index in [1.165, 1.54) is 7.11 Å². The first kappa shape index (κ1) is 14.5. The van der Waals surface area contributed by atoms with E-state index in [1.807, 2.05) is 0 Å². The maximum atomic E-state index is 11.5. The minimum Gasteiger partial charge on any atom is -0.465 e. The third-order valence-corrected chi connectivity index (χ3v) is 2.64. The molecule has 0 aliphatic carbocycles. The Hall–Kier alpha value is -1.55. The molecular weight excluding hydrogens is 254 g/mol. The molecule has 98 valence electrons. The number of hydrogen-bond donors (Lipinski definition) is 1. The molecule has 18 heavy (non-hydrogen) atoms. The molecule has 0 unspecified atom stereocenters. The van der Waals surface area contributed by atoms with E-state index in [0.717, 1.165) is 12.8 Å². The lowest BCUT2D eigenvalue weighted by Gasteiger charge is -2.05. The monoisotopic (exact) mass is 269 g/mol. The van der Waals surface area contributed by atoms with Gasteiger partial charge < -0.3 is 10.1 Å². The van der Waals surface area contributed by atoms with Gasteiger partial charge in [-0.05, 0) is 37.1 Å². The average molecular weight is 270 g/mol. The van der Waals surface area contributed by atoms with Crippen molar-refractivity contribution in [2.75, 3.05) is 18.3 Å². The van der Waals surface area contributed by atoms with E-state index in [4.69, 9.17) is 11.6 Å². The number of anilines is 1. The summed E-state index contributed by atoms with van der Waals surface area (Å²) in [6.45, 7) is 0. The van der Waals surface area contributed by atoms with E-state index in [9.17, 15) is 9.59 Å². The molecule has 0 heterocycles. The molecule has 0 saturated heterocycles. The smallest absolute Gasteiger partial charge is 0.337 e. The first-order chi connectivity index (χ1) is 8.67. The number of rotatable bonds is 6. The second-order valence-corrected chi connectivity index (χ2v) is 4.14. The molecule has 4 nitrogen and oxygen atoms in total. The Morgan fingerprint density at radius 2 is 1.89 bits per heavy atom. The third-order valence-electron chi connectivity index (χ3n) is 2.38. The van der Waals surface area contributed by atoms with Crippen LogP contribution in [-0.4, -0.2) is 24.9 Å². The first-order valence-electron chi connectivity index (χ1n) is 5.71. The van der Waals surface area contributed by atoms with Crippen LogP contribution in [0.4, 0.5) is 5.69 Å². The van der Waals surface area contributed by atoms with Crippen LogP contribution in [0.2, 0.25) is 0 Å². The molecular formula is C13H16ClNO3. The van der Waals surface area contributed by atoms with Crippen LogP contribution in [0.1, 0.15) is 29.6 Å². The molecule has 1 amide bonds. The van der Waals surface area contributed by atoms with Crippen LogP contribution in [0.25, 0.3) is 0 Å². The lowest BCUT2D eigenvalue weighted by atomic mass is 10.2. The van der Waals surface area contributed by atoms with Gasteiger partial charge in [-0.1, -0.05) is 0 Å². The number of halogens is 1. The molecule has 0 atom stereocenters. The molecule has 1 rings (SSSR count). The molecule has 0 spiro atoms. The van der Waals surface area contributed by atoms with Crippen LogP contribution >= 0.6 is 11.6 Å². The second kappa shape index (κ2) is 7.71. The molecule has 0 aliphatic heterocycles. The fourth-order valence-corrected chi connectivity index (χ4v) is 1.60. The van der Waals surface area contributed by atoms with Crippen molar-refractivity contribution in [3.8, 4) is 0 Å². The molecule has 1 aromatic rings. The number of esters is 1. The van der Waals surface area contributed by atoms with E-state index < -0.39 is 5.97 Å². The summed E-state index contributed by atoms with van der Waals surface area (Å²) < 4.78 is 4.58. The topological polar surface area (TPSA) is 55.4 Å². The highest BCUT2D eigenvalue weighted by molar-refractivity contribution is 6.17. The number of unbranched alkanes of at least 4 members (excludes halogenated alkanes) is 1. The Labute approximate surface area is 111 Å². The SMILES string of the molecule is COC(=O)c1ccc(NC(=O)CCCCCl)cc1. The fourth-order valence-electron chi connectivity index (χ4n) is 1.41. The Balaban J connectivity index is 2.48. The standard InChI is InChI=1S/C13H16ClNO3/c1-18-13(17)10-5-7-11(8-6-10)15-12(16)4-2-3-9-14/h5-8H,2-4,9H2,1H3,(H,15,16). The maximum Gasteiger partial charge on any atom is 0.337 e. The number of hydrogen-bond acceptors (Lipinski definition) is 3. The number of benzene rings is 1. The van der Waals surface area contributed by atoms with E-state index >= 15 is 0 Å². The first-order valence-corrected chi connectivity index (χ1v) is 6.25. The largest absolute Gasteiger partial charge is 0.465 e. The highest BCUT2D eigenvalue weighted by atomic mass is 35.5. The van der Waals surface area contributed by atoms with Gasteiger partial charge in [-0.15, -0.1) is 11.6 Å². The average Bonchev–Trinajstić information content (AvgIpc) is 2.39. The quantitative estimate of drug-likeness (QED) is 0.491. The van der Waals surface area contributed by atoms with Crippen molar-refractivity contribution in [1.82, 2.24) is 0 Å². The molecule has 1 N–H and O–H groups in total. The molecule has 1 aromatic carbocycles. The summed E-state index contributed by atoms with van der Waals surface area (Å²) in [7, 11) is 1.33. The third kappa shape index (κ3) is 4.75. The molecule has 0 radical (unpaired) electrons. The van der Waals surface area contributed by atoms with E-state index in [-0.39, 0.29) is 5.91 Å². The van der Waals surface area contributed by atoms with Crippen LogP contribution in [-0.2, 0) is 9.53 Å². The summed E-state index contributed by atoms with van der Waals surface area (Å²) in [6.07, 6.45) is 2.05. The van der Waals surface area contributed by atoms with Gasteiger partial charge in [0.15, 0.2) is 0 Å². The number of alkyl halides is 1. The van der Waals surface area contributed by atoms with Crippen molar-refractivity contribution in [1.29, 1.82) is 0 Å². The Bertz CT molecular complexity index is 403. The van der Waals surface area contributed by atoms with Crippen molar-refractivity contribution in [3.05, 3.63) is 29.8 Å². The van der Waals surface area contributed by atoms with Gasteiger partial charge in [0.25, 0.3) is 0 Å². The maximum absolute atomic E-state index is 11.5. The molecule has 0 saturated carbocycles. The van der Waals surface area contributed by atoms with Crippen LogP contribution in [0.3, 0.4) is 0 Å². The number of carbonyl (C=O) groups excluding carboxylic acids is 2. The zero-order valence-electron chi connectivity index (χ0n) is 10.2. The van der Waals surface area contributed by atoms with Gasteiger partial charge in [0.05, 0.1) is 12.7 Å². The van der Waals surface area contributed by atoms with E-state index in [2.05, 4.69) is 10.1 Å². The van der Waals surface area contributed by atoms with Gasteiger partial charge >= 0.3 is 5.97 Å². The van der Waals surface area contributed by atoms with Crippen molar-refractivity contribution < 1.29 is 14.3 Å². The van der Waals surface area contributed by atoms with Gasteiger partial charge in [-0.3, -0.25) is 4.79 Å². The van der Waals surface area contributed by atoms with Gasteiger partial charge in [-0.25, -0.2) is 4.79 Å². The van der Waals surface area contributed by atoms with Crippen LogP contribution in [0, 0.1) is 0 Å². The lowest BCUT2D eigenvalue weighted by molar-refractivity contribution is -0.116. The van der Waals surface area contributed by atoms with Gasteiger partial charge in [0.1, 0.15) is 0 Å². The number of methoxy groups -OCH3 is 1. The molecule has 0 aromatic heterocycles. The van der Waals surface area contributed by atoms with Crippen molar-refractivity contribution in [2.45, 2.75) is 19.3 Å². The molecule has 0 fully saturated rings. The number of amides is 1. The predicted molar refractivity (Wildman–Crippen MR) is 71.0 cm³/mol. The van der Waals surface area contributed by atoms with E-state index in [1.54, 1.807) is 24.3 Å². The normalized spacial score (nSPS) is 9.89. The molecule has 0 bridgehead atoms. The number of carbonyl (C=O) groups is 2. The van der Waals surface area contributed by atoms with Gasteiger partial charge in [-0.2, -0.15) is 0 Å². The Morgan fingerprint density at radius 3 is 2.44 bits per heavy atom. The minimum atomic E-state index is -0.394. The second-order valence-electron chi connectivity index (χ2n) is 3.76. The number of ether oxygens (including phenoxy) is 1. The van der Waals surface area contributed by atoms with Crippen molar-refractivity contribution >= 4 is 29.2 Å². The van der Waals surface area contributed by atoms with Crippen molar-refractivity contribution in [3.63, 3.8) is 0 Å².